The number of nitrogens with zero attached hydrogens (tertiary/aromatic N) is 1. The van der Waals surface area contributed by atoms with E-state index in [2.05, 4.69) is 15.6 Å². The summed E-state index contributed by atoms with van der Waals surface area (Å²) >= 11 is 0. The third kappa shape index (κ3) is 5.24. The Kier molecular flexibility index (Phi) is 7.29. The predicted molar refractivity (Wildman–Crippen MR) is 116 cm³/mol. The molecule has 0 unspecified atom stereocenters. The van der Waals surface area contributed by atoms with Crippen molar-refractivity contribution in [3.63, 3.8) is 0 Å². The van der Waals surface area contributed by atoms with Gasteiger partial charge >= 0.3 is 0 Å². The van der Waals surface area contributed by atoms with E-state index in [1.165, 1.54) is 6.07 Å². The highest BCUT2D eigenvalue weighted by Gasteiger charge is 2.44. The molecular formula is C20H25FIN3O2. The molecule has 1 aliphatic rings. The molecule has 7 heteroatoms. The smallest absolute Gasteiger partial charge is 0.191 e. The number of nitrogens with one attached hydrogen (secondary N) is 2. The van der Waals surface area contributed by atoms with Crippen LogP contribution in [0.4, 0.5) is 4.39 Å². The summed E-state index contributed by atoms with van der Waals surface area (Å²) in [5.41, 5.74) is 1.71. The van der Waals surface area contributed by atoms with Gasteiger partial charge in [0.15, 0.2) is 5.96 Å². The molecule has 0 aliphatic heterocycles. The van der Waals surface area contributed by atoms with Crippen molar-refractivity contribution in [1.82, 2.24) is 10.6 Å². The number of methoxy groups -OCH3 is 1. The fourth-order valence-electron chi connectivity index (χ4n) is 3.02. The topological polar surface area (TPSA) is 65.9 Å². The van der Waals surface area contributed by atoms with Crippen molar-refractivity contribution in [2.45, 2.75) is 24.8 Å². The van der Waals surface area contributed by atoms with E-state index in [4.69, 9.17) is 4.74 Å². The molecule has 5 nitrogen and oxygen atoms in total. The van der Waals surface area contributed by atoms with Crippen LogP contribution in [0.25, 0.3) is 0 Å². The fourth-order valence-corrected chi connectivity index (χ4v) is 3.02. The van der Waals surface area contributed by atoms with Gasteiger partial charge in [0.05, 0.1) is 7.11 Å². The quantitative estimate of drug-likeness (QED) is 0.333. The Balaban J connectivity index is 0.00000261. The highest BCUT2D eigenvalue weighted by atomic mass is 127. The van der Waals surface area contributed by atoms with E-state index in [0.29, 0.717) is 24.8 Å². The molecule has 0 spiro atoms. The van der Waals surface area contributed by atoms with Gasteiger partial charge in [-0.05, 0) is 48.7 Å². The molecule has 0 heterocycles. The lowest BCUT2D eigenvalue weighted by molar-refractivity contribution is 0.410. The second kappa shape index (κ2) is 9.25. The van der Waals surface area contributed by atoms with Crippen molar-refractivity contribution in [2.24, 2.45) is 4.99 Å². The van der Waals surface area contributed by atoms with Gasteiger partial charge in [0.25, 0.3) is 0 Å². The summed E-state index contributed by atoms with van der Waals surface area (Å²) in [5.74, 6) is 1.32. The number of rotatable bonds is 6. The second-order valence-corrected chi connectivity index (χ2v) is 6.56. The first kappa shape index (κ1) is 21.3. The van der Waals surface area contributed by atoms with Gasteiger partial charge in [-0.1, -0.05) is 12.1 Å². The molecular weight excluding hydrogens is 460 g/mol. The number of aliphatic imine (C=N–C) groups is 1. The van der Waals surface area contributed by atoms with Crippen molar-refractivity contribution in [3.05, 3.63) is 59.4 Å². The third-order valence-electron chi connectivity index (χ3n) is 4.84. The molecule has 0 amide bonds. The first-order valence-corrected chi connectivity index (χ1v) is 8.63. The van der Waals surface area contributed by atoms with E-state index >= 15 is 0 Å². The molecule has 0 radical (unpaired) electrons. The number of phenols is 1. The average Bonchev–Trinajstić information content (AvgIpc) is 3.44. The number of phenolic OH excluding ortho intramolecular Hbond substituents is 1. The maximum absolute atomic E-state index is 13.5. The zero-order valence-corrected chi connectivity index (χ0v) is 17.8. The van der Waals surface area contributed by atoms with Crippen LogP contribution in [0.1, 0.15) is 24.0 Å². The third-order valence-corrected chi connectivity index (χ3v) is 4.84. The summed E-state index contributed by atoms with van der Waals surface area (Å²) in [6, 6.07) is 11.9. The molecule has 2 aromatic carbocycles. The first-order chi connectivity index (χ1) is 12.6. The van der Waals surface area contributed by atoms with Gasteiger partial charge in [-0.25, -0.2) is 4.39 Å². The molecule has 2 aromatic rings. The molecule has 3 N–H and O–H groups in total. The Morgan fingerprint density at radius 1 is 1.22 bits per heavy atom. The molecule has 1 aliphatic carbocycles. The van der Waals surface area contributed by atoms with Crippen molar-refractivity contribution < 1.29 is 14.2 Å². The number of hydrogen-bond donors (Lipinski definition) is 3. The van der Waals surface area contributed by atoms with Gasteiger partial charge in [-0.15, -0.1) is 24.0 Å². The number of halogens is 2. The lowest BCUT2D eigenvalue weighted by atomic mass is 9.96. The van der Waals surface area contributed by atoms with Gasteiger partial charge in [0.1, 0.15) is 17.3 Å². The van der Waals surface area contributed by atoms with Crippen LogP contribution < -0.4 is 15.4 Å². The number of aromatic hydroxyl groups is 1. The highest BCUT2D eigenvalue weighted by molar-refractivity contribution is 14.0. The van der Waals surface area contributed by atoms with Gasteiger partial charge in [0, 0.05) is 31.1 Å². The minimum Gasteiger partial charge on any atom is -0.508 e. The molecule has 0 aromatic heterocycles. The van der Waals surface area contributed by atoms with E-state index in [1.54, 1.807) is 44.5 Å². The largest absolute Gasteiger partial charge is 0.508 e. The summed E-state index contributed by atoms with van der Waals surface area (Å²) in [7, 11) is 3.29. The molecule has 27 heavy (non-hydrogen) atoms. The lowest BCUT2D eigenvalue weighted by Gasteiger charge is -2.19. The van der Waals surface area contributed by atoms with Crippen LogP contribution in [0.2, 0.25) is 0 Å². The van der Waals surface area contributed by atoms with Gasteiger partial charge < -0.3 is 20.5 Å². The number of hydrogen-bond acceptors (Lipinski definition) is 3. The molecule has 0 atom stereocenters. The van der Waals surface area contributed by atoms with E-state index in [1.807, 2.05) is 6.07 Å². The van der Waals surface area contributed by atoms with Crippen LogP contribution >= 0.6 is 24.0 Å². The zero-order chi connectivity index (χ0) is 18.6. The summed E-state index contributed by atoms with van der Waals surface area (Å²) < 4.78 is 18.7. The number of benzene rings is 2. The van der Waals surface area contributed by atoms with Crippen LogP contribution in [-0.2, 0) is 12.0 Å². The molecule has 146 valence electrons. The molecule has 0 bridgehead atoms. The van der Waals surface area contributed by atoms with Crippen LogP contribution in [0.5, 0.6) is 11.5 Å². The predicted octanol–water partition coefficient (Wildman–Crippen LogP) is 3.55. The average molecular weight is 485 g/mol. The van der Waals surface area contributed by atoms with Gasteiger partial charge in [-0.2, -0.15) is 0 Å². The monoisotopic (exact) mass is 485 g/mol. The summed E-state index contributed by atoms with van der Waals surface area (Å²) in [6.07, 6.45) is 2.05. The summed E-state index contributed by atoms with van der Waals surface area (Å²) in [6.45, 7) is 1.09. The minimum atomic E-state index is -0.204. The number of ether oxygens (including phenoxy) is 1. The van der Waals surface area contributed by atoms with Crippen molar-refractivity contribution >= 4 is 29.9 Å². The SMILES string of the molecule is CN=C(NCc1cc(OC)ccc1O)NCC1(c2cccc(F)c2)CC1.I. The van der Waals surface area contributed by atoms with Crippen molar-refractivity contribution in [1.29, 1.82) is 0 Å². The second-order valence-electron chi connectivity index (χ2n) is 6.56. The zero-order valence-electron chi connectivity index (χ0n) is 15.5. The first-order valence-electron chi connectivity index (χ1n) is 8.63. The molecule has 3 rings (SSSR count). The normalized spacial score (nSPS) is 14.9. The van der Waals surface area contributed by atoms with Gasteiger partial charge in [0.2, 0.25) is 0 Å². The fraction of sp³-hybridized carbons (Fsp3) is 0.350. The maximum Gasteiger partial charge on any atom is 0.191 e. The summed E-state index contributed by atoms with van der Waals surface area (Å²) in [4.78, 5) is 4.22. The Bertz CT molecular complexity index is 810. The minimum absolute atomic E-state index is 0. The maximum atomic E-state index is 13.5. The van der Waals surface area contributed by atoms with E-state index in [-0.39, 0.29) is 41.0 Å². The Hall–Kier alpha value is -2.03. The molecule has 0 saturated heterocycles. The molecule has 1 saturated carbocycles. The highest BCUT2D eigenvalue weighted by Crippen LogP contribution is 2.47. The van der Waals surface area contributed by atoms with Crippen molar-refractivity contribution in [2.75, 3.05) is 20.7 Å². The van der Waals surface area contributed by atoms with E-state index in [0.717, 1.165) is 24.0 Å². The molecule has 1 fully saturated rings. The number of guanidine groups is 1. The summed E-state index contributed by atoms with van der Waals surface area (Å²) in [5, 5.41) is 16.5. The van der Waals surface area contributed by atoms with Crippen molar-refractivity contribution in [3.8, 4) is 11.5 Å². The van der Waals surface area contributed by atoms with E-state index < -0.39 is 0 Å². The Labute approximate surface area is 176 Å². The lowest BCUT2D eigenvalue weighted by Crippen LogP contribution is -2.40. The standard InChI is InChI=1S/C20H24FN3O2.HI/c1-22-19(23-12-14-10-17(26-2)6-7-18(14)25)24-13-20(8-9-20)15-4-3-5-16(21)11-15;/h3-7,10-11,25H,8-9,12-13H2,1-2H3,(H2,22,23,24);1H. The Morgan fingerprint density at radius 2 is 2.00 bits per heavy atom. The van der Waals surface area contributed by atoms with Crippen LogP contribution in [-0.4, -0.2) is 31.8 Å². The van der Waals surface area contributed by atoms with Crippen LogP contribution in [0.3, 0.4) is 0 Å². The Morgan fingerprint density at radius 3 is 2.63 bits per heavy atom. The van der Waals surface area contributed by atoms with Crippen LogP contribution in [0.15, 0.2) is 47.5 Å². The van der Waals surface area contributed by atoms with E-state index in [9.17, 15) is 9.50 Å². The van der Waals surface area contributed by atoms with Crippen LogP contribution in [0, 0.1) is 5.82 Å². The van der Waals surface area contributed by atoms with Gasteiger partial charge in [-0.3, -0.25) is 4.99 Å².